The molecule has 1 atom stereocenters. The van der Waals surface area contributed by atoms with Crippen LogP contribution in [0.2, 0.25) is 0 Å². The second kappa shape index (κ2) is 9.28. The number of sulfonamides is 1. The summed E-state index contributed by atoms with van der Waals surface area (Å²) >= 11 is 1.12. The fourth-order valence-corrected chi connectivity index (χ4v) is 5.40. The summed E-state index contributed by atoms with van der Waals surface area (Å²) in [7, 11) is -3.68. The van der Waals surface area contributed by atoms with Crippen LogP contribution in [0, 0.1) is 0 Å². The molecule has 1 aliphatic rings. The van der Waals surface area contributed by atoms with Crippen LogP contribution in [0.4, 0.5) is 0 Å². The van der Waals surface area contributed by atoms with E-state index >= 15 is 0 Å². The Labute approximate surface area is 167 Å². The van der Waals surface area contributed by atoms with Crippen molar-refractivity contribution < 1.29 is 22.7 Å². The average Bonchev–Trinajstić information content (AvgIpc) is 3.39. The SMILES string of the molecule is O=C(NCCc1ccccc1)C(=O)NC[C@@H]1OCCN1S(=O)(=O)c1cccs1. The lowest BCUT2D eigenvalue weighted by atomic mass is 10.1. The average molecular weight is 424 g/mol. The third-order valence-corrected chi connectivity index (χ3v) is 7.45. The number of amides is 2. The van der Waals surface area contributed by atoms with E-state index in [1.807, 2.05) is 30.3 Å². The second-order valence-corrected chi connectivity index (χ2v) is 9.14. The molecule has 2 N–H and O–H groups in total. The minimum Gasteiger partial charge on any atom is -0.359 e. The number of ether oxygens (including phenoxy) is 1. The van der Waals surface area contributed by atoms with E-state index in [1.165, 1.54) is 10.4 Å². The first kappa shape index (κ1) is 20.5. The molecule has 150 valence electrons. The molecule has 1 saturated heterocycles. The zero-order valence-electron chi connectivity index (χ0n) is 15.0. The number of thiophene rings is 1. The first-order valence-electron chi connectivity index (χ1n) is 8.75. The summed E-state index contributed by atoms with van der Waals surface area (Å²) in [5.41, 5.74) is 1.05. The fraction of sp³-hybridized carbons (Fsp3) is 0.333. The molecule has 2 heterocycles. The summed E-state index contributed by atoms with van der Waals surface area (Å²) in [4.78, 5) is 23.9. The maximum Gasteiger partial charge on any atom is 0.309 e. The van der Waals surface area contributed by atoms with Gasteiger partial charge >= 0.3 is 11.8 Å². The monoisotopic (exact) mass is 423 g/mol. The van der Waals surface area contributed by atoms with E-state index in [-0.39, 0.29) is 23.9 Å². The summed E-state index contributed by atoms with van der Waals surface area (Å²) in [6, 6.07) is 12.8. The van der Waals surface area contributed by atoms with Gasteiger partial charge in [0.1, 0.15) is 10.4 Å². The van der Waals surface area contributed by atoms with E-state index in [2.05, 4.69) is 10.6 Å². The number of nitrogens with zero attached hydrogens (tertiary/aromatic N) is 1. The largest absolute Gasteiger partial charge is 0.359 e. The highest BCUT2D eigenvalue weighted by Crippen LogP contribution is 2.25. The van der Waals surface area contributed by atoms with Crippen molar-refractivity contribution in [1.29, 1.82) is 0 Å². The molecule has 2 aromatic rings. The molecule has 1 fully saturated rings. The Balaban J connectivity index is 1.47. The Hall–Kier alpha value is -2.27. The summed E-state index contributed by atoms with van der Waals surface area (Å²) in [5.74, 6) is -1.58. The number of rotatable bonds is 7. The van der Waals surface area contributed by atoms with E-state index in [4.69, 9.17) is 4.74 Å². The van der Waals surface area contributed by atoms with E-state index < -0.39 is 28.1 Å². The van der Waals surface area contributed by atoms with Gasteiger partial charge in [0.15, 0.2) is 0 Å². The normalized spacial score (nSPS) is 17.4. The van der Waals surface area contributed by atoms with Gasteiger partial charge in [-0.05, 0) is 23.4 Å². The van der Waals surface area contributed by atoms with Crippen LogP contribution in [0.25, 0.3) is 0 Å². The summed E-state index contributed by atoms with van der Waals surface area (Å²) in [6.45, 7) is 0.656. The van der Waals surface area contributed by atoms with Crippen molar-refractivity contribution in [2.45, 2.75) is 16.9 Å². The lowest BCUT2D eigenvalue weighted by Gasteiger charge is -2.22. The van der Waals surface area contributed by atoms with Gasteiger partial charge in [0, 0.05) is 13.1 Å². The van der Waals surface area contributed by atoms with Crippen LogP contribution in [0.5, 0.6) is 0 Å². The van der Waals surface area contributed by atoms with Crippen molar-refractivity contribution in [3.8, 4) is 0 Å². The quantitative estimate of drug-likeness (QED) is 0.634. The Kier molecular flexibility index (Phi) is 6.79. The number of benzene rings is 1. The molecule has 0 unspecified atom stereocenters. The van der Waals surface area contributed by atoms with Gasteiger partial charge in [0.2, 0.25) is 0 Å². The molecule has 2 amide bonds. The number of hydrogen-bond acceptors (Lipinski definition) is 6. The van der Waals surface area contributed by atoms with Crippen molar-refractivity contribution in [3.05, 3.63) is 53.4 Å². The van der Waals surface area contributed by atoms with Gasteiger partial charge in [-0.15, -0.1) is 11.3 Å². The summed E-state index contributed by atoms with van der Waals surface area (Å²) in [6.07, 6.45) is -0.230. The molecule has 8 nitrogen and oxygen atoms in total. The van der Waals surface area contributed by atoms with E-state index in [1.54, 1.807) is 11.4 Å². The van der Waals surface area contributed by atoms with E-state index in [0.29, 0.717) is 13.0 Å². The minimum absolute atomic E-state index is 0.102. The Bertz CT molecular complexity index is 901. The molecule has 1 aromatic carbocycles. The Morgan fingerprint density at radius 2 is 1.86 bits per heavy atom. The predicted octanol–water partition coefficient (Wildman–Crippen LogP) is 0.570. The molecule has 3 rings (SSSR count). The highest BCUT2D eigenvalue weighted by Gasteiger charge is 2.37. The van der Waals surface area contributed by atoms with Crippen LogP contribution < -0.4 is 10.6 Å². The smallest absolute Gasteiger partial charge is 0.309 e. The minimum atomic E-state index is -3.68. The van der Waals surface area contributed by atoms with Crippen LogP contribution in [-0.4, -0.2) is 57.0 Å². The van der Waals surface area contributed by atoms with Gasteiger partial charge in [0.05, 0.1) is 13.2 Å². The topological polar surface area (TPSA) is 105 Å². The van der Waals surface area contributed by atoms with Crippen LogP contribution in [0.1, 0.15) is 5.56 Å². The number of carbonyl (C=O) groups is 2. The van der Waals surface area contributed by atoms with Gasteiger partial charge in [-0.25, -0.2) is 8.42 Å². The van der Waals surface area contributed by atoms with Crippen molar-refractivity contribution in [2.24, 2.45) is 0 Å². The Morgan fingerprint density at radius 1 is 1.11 bits per heavy atom. The summed E-state index contributed by atoms with van der Waals surface area (Å²) < 4.78 is 32.1. The van der Waals surface area contributed by atoms with Gasteiger partial charge in [0.25, 0.3) is 10.0 Å². The highest BCUT2D eigenvalue weighted by atomic mass is 32.2. The first-order chi connectivity index (χ1) is 13.5. The third kappa shape index (κ3) is 4.96. The Morgan fingerprint density at radius 3 is 2.57 bits per heavy atom. The third-order valence-electron chi connectivity index (χ3n) is 4.19. The van der Waals surface area contributed by atoms with Gasteiger partial charge in [-0.3, -0.25) is 9.59 Å². The fourth-order valence-electron chi connectivity index (χ4n) is 2.77. The lowest BCUT2D eigenvalue weighted by Crippen LogP contribution is -2.47. The van der Waals surface area contributed by atoms with Gasteiger partial charge in [-0.1, -0.05) is 36.4 Å². The van der Waals surface area contributed by atoms with Gasteiger partial charge < -0.3 is 15.4 Å². The molecule has 0 aliphatic carbocycles. The van der Waals surface area contributed by atoms with Crippen molar-refractivity contribution in [1.82, 2.24) is 14.9 Å². The maximum absolute atomic E-state index is 12.6. The van der Waals surface area contributed by atoms with E-state index in [0.717, 1.165) is 16.9 Å². The van der Waals surface area contributed by atoms with Crippen molar-refractivity contribution >= 4 is 33.2 Å². The van der Waals surface area contributed by atoms with Crippen molar-refractivity contribution in [2.75, 3.05) is 26.2 Å². The molecule has 0 spiro atoms. The van der Waals surface area contributed by atoms with Gasteiger partial charge in [-0.2, -0.15) is 4.31 Å². The maximum atomic E-state index is 12.6. The molecule has 0 saturated carbocycles. The van der Waals surface area contributed by atoms with Crippen molar-refractivity contribution in [3.63, 3.8) is 0 Å². The number of carbonyl (C=O) groups excluding carboxylic acids is 2. The predicted molar refractivity (Wildman–Crippen MR) is 104 cm³/mol. The first-order valence-corrected chi connectivity index (χ1v) is 11.1. The molecule has 0 radical (unpaired) electrons. The van der Waals surface area contributed by atoms with Crippen LogP contribution >= 0.6 is 11.3 Å². The number of hydrogen-bond donors (Lipinski definition) is 2. The van der Waals surface area contributed by atoms with Crippen LogP contribution in [-0.2, 0) is 30.8 Å². The van der Waals surface area contributed by atoms with Crippen LogP contribution in [0.3, 0.4) is 0 Å². The zero-order valence-corrected chi connectivity index (χ0v) is 16.7. The molecule has 10 heteroatoms. The molecule has 0 bridgehead atoms. The molecule has 1 aliphatic heterocycles. The highest BCUT2D eigenvalue weighted by molar-refractivity contribution is 7.91. The molecular weight excluding hydrogens is 402 g/mol. The van der Waals surface area contributed by atoms with Crippen LogP contribution in [0.15, 0.2) is 52.1 Å². The standard InChI is InChI=1S/C18H21N3O5S2/c22-17(19-9-8-14-5-2-1-3-6-14)18(23)20-13-15-21(10-11-26-15)28(24,25)16-7-4-12-27-16/h1-7,12,15H,8-11,13H2,(H,19,22)(H,20,23)/t15-/m0/s1. The molecule has 1 aromatic heterocycles. The molecule has 28 heavy (non-hydrogen) atoms. The molecular formula is C18H21N3O5S2. The summed E-state index contributed by atoms with van der Waals surface area (Å²) in [5, 5.41) is 6.67. The lowest BCUT2D eigenvalue weighted by molar-refractivity contribution is -0.139. The van der Waals surface area contributed by atoms with E-state index in [9.17, 15) is 18.0 Å². The number of nitrogens with one attached hydrogen (secondary N) is 2. The second-order valence-electron chi connectivity index (χ2n) is 6.07. The zero-order chi connectivity index (χ0) is 20.0.